The maximum atomic E-state index is 12.6. The van der Waals surface area contributed by atoms with Crippen LogP contribution in [0.3, 0.4) is 0 Å². The number of unbranched alkanes of at least 4 members (excludes halogenated alkanes) is 1. The van der Waals surface area contributed by atoms with E-state index in [4.69, 9.17) is 26.8 Å². The number of carbonyl (C=O) groups excluding carboxylic acids is 3. The first-order valence-electron chi connectivity index (χ1n) is 29.2. The molecule has 0 radical (unpaired) electrons. The van der Waals surface area contributed by atoms with Crippen LogP contribution in [0.4, 0.5) is 43.3 Å². The minimum Gasteiger partial charge on any atom is -0.444 e. The summed E-state index contributed by atoms with van der Waals surface area (Å²) in [6.07, 6.45) is 13.0. The van der Waals surface area contributed by atoms with Crippen molar-refractivity contribution in [2.75, 3.05) is 102 Å². The van der Waals surface area contributed by atoms with Crippen molar-refractivity contribution in [2.45, 2.75) is 156 Å². The summed E-state index contributed by atoms with van der Waals surface area (Å²) < 4.78 is 10.8. The molecular formula is C57H86Br2ClN17O5. The van der Waals surface area contributed by atoms with Gasteiger partial charge in [0.25, 0.3) is 0 Å². The Hall–Kier alpha value is -5.72. The molecule has 22 nitrogen and oxygen atoms in total. The van der Waals surface area contributed by atoms with Crippen molar-refractivity contribution in [3.05, 3.63) is 74.3 Å². The molecule has 0 unspecified atom stereocenters. The van der Waals surface area contributed by atoms with Crippen molar-refractivity contribution in [1.29, 1.82) is 0 Å². The first kappa shape index (κ1) is 62.3. The number of hydrogen-bond acceptors (Lipinski definition) is 14. The maximum Gasteiger partial charge on any atom is 0.410 e. The number of anilines is 5. The number of alkyl halides is 2. The van der Waals surface area contributed by atoms with Crippen molar-refractivity contribution >= 4 is 90.6 Å². The highest BCUT2D eigenvalue weighted by atomic mass is 79.9. The number of nitrogens with two attached hydrogens (primary N) is 1. The number of fused-ring (bicyclic) bond motifs is 4. The number of aromatic amines is 4. The van der Waals surface area contributed by atoms with Gasteiger partial charge in [-0.05, 0) is 111 Å². The normalized spacial score (nSPS) is 17.3. The molecule has 11 heterocycles. The summed E-state index contributed by atoms with van der Waals surface area (Å²) in [6.45, 7) is 23.5. The lowest BCUT2D eigenvalue weighted by Gasteiger charge is -2.30. The topological polar surface area (TPSA) is 254 Å². The fourth-order valence-corrected chi connectivity index (χ4v) is 11.7. The quantitative estimate of drug-likeness (QED) is 0.0592. The Morgan fingerprint density at radius 1 is 0.585 bits per heavy atom. The molecule has 0 saturated carbocycles. The number of benzene rings is 1. The molecule has 450 valence electrons. The molecular weight excluding hydrogens is 1200 g/mol. The fourth-order valence-electron chi connectivity index (χ4n) is 10.8. The Balaban J connectivity index is 0.000000140. The Morgan fingerprint density at radius 3 is 1.46 bits per heavy atom. The van der Waals surface area contributed by atoms with Gasteiger partial charge in [-0.15, -0.1) is 0 Å². The molecule has 4 amide bonds. The predicted octanol–water partition coefficient (Wildman–Crippen LogP) is 10.1. The summed E-state index contributed by atoms with van der Waals surface area (Å²) in [7, 11) is 0. The van der Waals surface area contributed by atoms with Crippen molar-refractivity contribution in [1.82, 2.24) is 60.8 Å². The number of urea groups is 1. The molecule has 3 fully saturated rings. The van der Waals surface area contributed by atoms with Crippen molar-refractivity contribution in [2.24, 2.45) is 0 Å². The number of nitrogens with one attached hydrogen (secondary N) is 6. The van der Waals surface area contributed by atoms with Gasteiger partial charge in [0.2, 0.25) is 0 Å². The van der Waals surface area contributed by atoms with Crippen LogP contribution in [0.5, 0.6) is 0 Å². The summed E-state index contributed by atoms with van der Waals surface area (Å²) in [6, 6.07) is 7.11. The van der Waals surface area contributed by atoms with Gasteiger partial charge >= 0.3 is 18.2 Å². The van der Waals surface area contributed by atoms with Gasteiger partial charge in [0.1, 0.15) is 17.0 Å². The summed E-state index contributed by atoms with van der Waals surface area (Å²) in [4.78, 5) is 49.0. The molecule has 0 aliphatic carbocycles. The molecule has 82 heavy (non-hydrogen) atoms. The lowest BCUT2D eigenvalue weighted by molar-refractivity contribution is 0.0213. The van der Waals surface area contributed by atoms with Crippen LogP contribution in [0.2, 0.25) is 5.02 Å². The van der Waals surface area contributed by atoms with Crippen LogP contribution in [-0.4, -0.2) is 161 Å². The van der Waals surface area contributed by atoms with E-state index < -0.39 is 11.2 Å². The molecule has 3 saturated heterocycles. The third-order valence-electron chi connectivity index (χ3n) is 15.0. The molecule has 4 aromatic heterocycles. The predicted molar refractivity (Wildman–Crippen MR) is 331 cm³/mol. The second-order valence-electron chi connectivity index (χ2n) is 23.6. The number of hydrogen-bond donors (Lipinski definition) is 7. The minimum absolute atomic E-state index is 0.100. The van der Waals surface area contributed by atoms with Crippen molar-refractivity contribution in [3.8, 4) is 0 Å². The number of rotatable bonds is 7. The van der Waals surface area contributed by atoms with Gasteiger partial charge in [0, 0.05) is 164 Å². The van der Waals surface area contributed by atoms with E-state index in [9.17, 15) is 14.4 Å². The zero-order chi connectivity index (χ0) is 58.4. The van der Waals surface area contributed by atoms with Gasteiger partial charge in [-0.2, -0.15) is 20.4 Å². The summed E-state index contributed by atoms with van der Waals surface area (Å²) in [5.74, 6) is 3.71. The third kappa shape index (κ3) is 17.2. The SMILES string of the molecule is BrCCCCBr.C1CCN(c2n[nH]c3c2CNCC3)C1.CC(C)(C)OC(=O)N1CCc2[nH]nc(N)c2C1.CC(C)(C)OC(=O)N1CCc2[nH]nc(N3CCCC3)c2C1.O=C(Nc1cccc(Cl)c1)N1CCc2[nH]nc(N3CCCC3)c2C1. The summed E-state index contributed by atoms with van der Waals surface area (Å²) in [5, 5.41) is 38.9. The number of carbonyl (C=O) groups is 3. The van der Waals surface area contributed by atoms with E-state index in [-0.39, 0.29) is 18.2 Å². The van der Waals surface area contributed by atoms with Crippen LogP contribution in [-0.2, 0) is 61.3 Å². The lowest BCUT2D eigenvalue weighted by atomic mass is 10.1. The van der Waals surface area contributed by atoms with Gasteiger partial charge in [-0.3, -0.25) is 20.4 Å². The van der Waals surface area contributed by atoms with Gasteiger partial charge in [0.05, 0.1) is 19.6 Å². The third-order valence-corrected chi connectivity index (χ3v) is 16.3. The first-order chi connectivity index (χ1) is 39.4. The molecule has 8 N–H and O–H groups in total. The number of nitrogen functional groups attached to an aromatic ring is 1. The summed E-state index contributed by atoms with van der Waals surface area (Å²) >= 11 is 12.6. The molecule has 0 bridgehead atoms. The van der Waals surface area contributed by atoms with E-state index >= 15 is 0 Å². The largest absolute Gasteiger partial charge is 0.444 e. The van der Waals surface area contributed by atoms with E-state index in [0.29, 0.717) is 55.8 Å². The molecule has 7 aliphatic heterocycles. The number of halogens is 3. The van der Waals surface area contributed by atoms with Gasteiger partial charge in [0.15, 0.2) is 17.5 Å². The molecule has 12 rings (SSSR count). The standard InChI is InChI=1S/C17H20ClN5O.C15H24N4O2.C11H18N4O2.C10H16N4.C4H8Br2/c18-12-4-3-5-13(10-12)19-17(24)23-9-6-15-14(11-23)16(21-20-15)22-7-1-2-8-22;1-15(2,3)21-14(20)19-9-6-12-11(10-19)13(17-16-12)18-7-4-5-8-18;1-11(2,3)17-10(16)15-5-4-8-7(6-15)9(12)14-13-8;1-2-6-14(5-1)10-8-7-11-4-3-9(8)12-13-10;5-3-1-2-4-6/h3-5,10H,1-2,6-9,11H2,(H,19,24)(H,20,21);4-10H2,1-3H3,(H,16,17);4-6H2,1-3H3,(H3,12,13,14);11H,1-7H2,(H,12,13);1-4H2. The van der Waals surface area contributed by atoms with E-state index in [0.717, 1.165) is 121 Å². The average molecular weight is 1280 g/mol. The van der Waals surface area contributed by atoms with E-state index in [1.54, 1.807) is 21.9 Å². The average Bonchev–Trinajstić information content (AvgIpc) is 4.51. The highest BCUT2D eigenvalue weighted by Crippen LogP contribution is 2.32. The molecule has 5 aromatic rings. The Kier molecular flexibility index (Phi) is 22.2. The van der Waals surface area contributed by atoms with Gasteiger partial charge < -0.3 is 55.2 Å². The van der Waals surface area contributed by atoms with E-state index in [2.05, 4.69) is 98.0 Å². The van der Waals surface area contributed by atoms with Crippen LogP contribution in [0.1, 0.15) is 138 Å². The van der Waals surface area contributed by atoms with Crippen LogP contribution >= 0.6 is 43.5 Å². The van der Waals surface area contributed by atoms with Crippen LogP contribution in [0.15, 0.2) is 24.3 Å². The highest BCUT2D eigenvalue weighted by molar-refractivity contribution is 9.09. The smallest absolute Gasteiger partial charge is 0.410 e. The van der Waals surface area contributed by atoms with Gasteiger partial charge in [-0.1, -0.05) is 49.5 Å². The minimum atomic E-state index is -0.473. The van der Waals surface area contributed by atoms with Crippen LogP contribution < -0.4 is 31.1 Å². The first-order valence-corrected chi connectivity index (χ1v) is 31.8. The van der Waals surface area contributed by atoms with Crippen LogP contribution in [0, 0.1) is 0 Å². The Labute approximate surface area is 504 Å². The zero-order valence-electron chi connectivity index (χ0n) is 48.8. The number of amides is 4. The highest BCUT2D eigenvalue weighted by Gasteiger charge is 2.33. The Bertz CT molecular complexity index is 2850. The summed E-state index contributed by atoms with van der Waals surface area (Å²) in [5.41, 5.74) is 14.8. The monoisotopic (exact) mass is 1280 g/mol. The molecule has 0 spiro atoms. The van der Waals surface area contributed by atoms with Crippen LogP contribution in [0.25, 0.3) is 0 Å². The number of nitrogens with zero attached hydrogens (tertiary/aromatic N) is 10. The van der Waals surface area contributed by atoms with Crippen molar-refractivity contribution < 1.29 is 23.9 Å². The molecule has 0 atom stereocenters. The zero-order valence-corrected chi connectivity index (χ0v) is 52.8. The lowest BCUT2D eigenvalue weighted by Crippen LogP contribution is -2.40. The van der Waals surface area contributed by atoms with E-state index in [1.807, 2.05) is 58.6 Å². The van der Waals surface area contributed by atoms with Crippen molar-refractivity contribution in [3.63, 3.8) is 0 Å². The number of aromatic nitrogens is 8. The second-order valence-corrected chi connectivity index (χ2v) is 25.6. The molecule has 7 aliphatic rings. The van der Waals surface area contributed by atoms with Gasteiger partial charge in [-0.25, -0.2) is 14.4 Å². The maximum absolute atomic E-state index is 12.6. The Morgan fingerprint density at radius 2 is 1.00 bits per heavy atom. The second kappa shape index (κ2) is 29.2. The molecule has 25 heteroatoms. The van der Waals surface area contributed by atoms with E-state index in [1.165, 1.54) is 81.5 Å². The number of ether oxygens (including phenoxy) is 2. The molecule has 1 aromatic carbocycles. The fraction of sp³-hybridized carbons (Fsp3) is 0.632. The number of H-pyrrole nitrogens is 4.